The van der Waals surface area contributed by atoms with Crippen LogP contribution in [0.2, 0.25) is 0 Å². The van der Waals surface area contributed by atoms with E-state index in [1.54, 1.807) is 6.07 Å². The van der Waals surface area contributed by atoms with Crippen molar-refractivity contribution in [3.8, 4) is 0 Å². The van der Waals surface area contributed by atoms with Crippen LogP contribution in [-0.2, 0) is 6.18 Å². The lowest BCUT2D eigenvalue weighted by molar-refractivity contribution is -0.137. The maximum absolute atomic E-state index is 12.6. The number of pyridine rings is 1. The van der Waals surface area contributed by atoms with Gasteiger partial charge in [-0.2, -0.15) is 13.2 Å². The zero-order chi connectivity index (χ0) is 17.2. The number of carbonyl (C=O) groups excluding carboxylic acids is 1. The molecule has 3 rings (SSSR count). The quantitative estimate of drug-likeness (QED) is 0.807. The van der Waals surface area contributed by atoms with Gasteiger partial charge in [-0.3, -0.25) is 4.79 Å². The highest BCUT2D eigenvalue weighted by Crippen LogP contribution is 2.29. The third-order valence-corrected chi connectivity index (χ3v) is 4.08. The number of para-hydroxylation sites is 1. The highest BCUT2D eigenvalue weighted by atomic mass is 19.4. The van der Waals surface area contributed by atoms with E-state index >= 15 is 0 Å². The molecule has 126 valence electrons. The summed E-state index contributed by atoms with van der Waals surface area (Å²) in [6.45, 7) is 2.61. The predicted molar refractivity (Wildman–Crippen MR) is 85.5 cm³/mol. The van der Waals surface area contributed by atoms with Crippen molar-refractivity contribution >= 4 is 17.8 Å². The maximum atomic E-state index is 12.6. The van der Waals surface area contributed by atoms with Crippen LogP contribution in [0.15, 0.2) is 42.6 Å². The Morgan fingerprint density at radius 1 is 0.958 bits per heavy atom. The zero-order valence-electron chi connectivity index (χ0n) is 12.8. The van der Waals surface area contributed by atoms with Crippen LogP contribution in [0.5, 0.6) is 0 Å². The van der Waals surface area contributed by atoms with Crippen molar-refractivity contribution in [1.29, 1.82) is 0 Å². The molecule has 0 unspecified atom stereocenters. The molecule has 0 aliphatic carbocycles. The van der Waals surface area contributed by atoms with Crippen LogP contribution >= 0.6 is 0 Å². The van der Waals surface area contributed by atoms with Crippen LogP contribution in [0.1, 0.15) is 15.9 Å². The van der Waals surface area contributed by atoms with Gasteiger partial charge in [0, 0.05) is 43.6 Å². The first-order chi connectivity index (χ1) is 11.5. The topological polar surface area (TPSA) is 36.4 Å². The number of carbonyl (C=O) groups is 1. The number of hydrogen-bond donors (Lipinski definition) is 0. The summed E-state index contributed by atoms with van der Waals surface area (Å²) < 4.78 is 37.8. The number of benzene rings is 1. The average molecular weight is 335 g/mol. The molecule has 1 aromatic carbocycles. The molecule has 1 aliphatic rings. The molecule has 1 saturated heterocycles. The molecule has 7 heteroatoms. The van der Waals surface area contributed by atoms with Gasteiger partial charge in [0.2, 0.25) is 0 Å². The molecule has 2 heterocycles. The van der Waals surface area contributed by atoms with Gasteiger partial charge in [-0.05, 0) is 24.3 Å². The highest BCUT2D eigenvalue weighted by molar-refractivity contribution is 5.84. The minimum atomic E-state index is -4.37. The van der Waals surface area contributed by atoms with Crippen molar-refractivity contribution in [2.24, 2.45) is 0 Å². The molecule has 0 N–H and O–H groups in total. The summed E-state index contributed by atoms with van der Waals surface area (Å²) >= 11 is 0. The minimum Gasteiger partial charge on any atom is -0.367 e. The number of hydrogen-bond acceptors (Lipinski definition) is 4. The van der Waals surface area contributed by atoms with Gasteiger partial charge in [0.25, 0.3) is 0 Å². The number of rotatable bonds is 3. The largest absolute Gasteiger partial charge is 0.417 e. The Kier molecular flexibility index (Phi) is 4.42. The summed E-state index contributed by atoms with van der Waals surface area (Å²) in [5.41, 5.74) is 0.774. The van der Waals surface area contributed by atoms with Crippen LogP contribution in [0.4, 0.5) is 24.7 Å². The molecule has 0 radical (unpaired) electrons. The standard InChI is InChI=1S/C17H16F3N3O/c18-17(19,20)14-5-6-16(21-11-14)23-9-7-22(8-10-23)15-4-2-1-3-13(15)12-24/h1-6,11-12H,7-10H2. The first-order valence-electron chi connectivity index (χ1n) is 7.56. The number of nitrogens with zero attached hydrogens (tertiary/aromatic N) is 3. The van der Waals surface area contributed by atoms with Gasteiger partial charge in [0.05, 0.1) is 5.56 Å². The summed E-state index contributed by atoms with van der Waals surface area (Å²) in [6.07, 6.45) is -2.68. The fourth-order valence-electron chi connectivity index (χ4n) is 2.79. The summed E-state index contributed by atoms with van der Waals surface area (Å²) in [6, 6.07) is 9.82. The Morgan fingerprint density at radius 2 is 1.62 bits per heavy atom. The molecule has 0 spiro atoms. The molecule has 1 aliphatic heterocycles. The van der Waals surface area contributed by atoms with E-state index in [1.807, 2.05) is 23.1 Å². The van der Waals surface area contributed by atoms with Crippen molar-refractivity contribution in [2.75, 3.05) is 36.0 Å². The van der Waals surface area contributed by atoms with Crippen molar-refractivity contribution < 1.29 is 18.0 Å². The van der Waals surface area contributed by atoms with Gasteiger partial charge >= 0.3 is 6.18 Å². The summed E-state index contributed by atoms with van der Waals surface area (Å²) in [5, 5.41) is 0. The molecule has 1 fully saturated rings. The van der Waals surface area contributed by atoms with Gasteiger partial charge < -0.3 is 9.80 Å². The molecule has 1 aromatic heterocycles. The van der Waals surface area contributed by atoms with Gasteiger partial charge in [-0.1, -0.05) is 12.1 Å². The minimum absolute atomic E-state index is 0.534. The lowest BCUT2D eigenvalue weighted by Gasteiger charge is -2.37. The number of aromatic nitrogens is 1. The van der Waals surface area contributed by atoms with Crippen LogP contribution in [-0.4, -0.2) is 37.4 Å². The number of aldehydes is 1. The average Bonchev–Trinajstić information content (AvgIpc) is 2.61. The monoisotopic (exact) mass is 335 g/mol. The molecule has 4 nitrogen and oxygen atoms in total. The van der Waals surface area contributed by atoms with Gasteiger partial charge in [0.15, 0.2) is 6.29 Å². The molecular formula is C17H16F3N3O. The van der Waals surface area contributed by atoms with E-state index in [0.717, 1.165) is 24.2 Å². The fourth-order valence-corrected chi connectivity index (χ4v) is 2.79. The van der Waals surface area contributed by atoms with Gasteiger partial charge in [-0.25, -0.2) is 4.98 Å². The molecule has 2 aromatic rings. The molecule has 0 bridgehead atoms. The van der Waals surface area contributed by atoms with E-state index in [1.165, 1.54) is 6.07 Å². The van der Waals surface area contributed by atoms with E-state index in [9.17, 15) is 18.0 Å². The third kappa shape index (κ3) is 3.34. The maximum Gasteiger partial charge on any atom is 0.417 e. The zero-order valence-corrected chi connectivity index (χ0v) is 12.8. The second kappa shape index (κ2) is 6.51. The summed E-state index contributed by atoms with van der Waals surface area (Å²) in [7, 11) is 0. The van der Waals surface area contributed by atoms with E-state index in [4.69, 9.17) is 0 Å². The third-order valence-electron chi connectivity index (χ3n) is 4.08. The Morgan fingerprint density at radius 3 is 2.21 bits per heavy atom. The van der Waals surface area contributed by atoms with Gasteiger partial charge in [0.1, 0.15) is 5.82 Å². The van der Waals surface area contributed by atoms with Gasteiger partial charge in [-0.15, -0.1) is 0 Å². The molecule has 0 atom stereocenters. The van der Waals surface area contributed by atoms with E-state index in [2.05, 4.69) is 9.88 Å². The fraction of sp³-hybridized carbons (Fsp3) is 0.294. The summed E-state index contributed by atoms with van der Waals surface area (Å²) in [4.78, 5) is 19.1. The smallest absolute Gasteiger partial charge is 0.367 e. The molecule has 0 amide bonds. The van der Waals surface area contributed by atoms with Crippen molar-refractivity contribution in [3.05, 3.63) is 53.7 Å². The van der Waals surface area contributed by atoms with E-state index in [0.29, 0.717) is 37.6 Å². The Bertz CT molecular complexity index is 708. The van der Waals surface area contributed by atoms with E-state index in [-0.39, 0.29) is 0 Å². The number of alkyl halides is 3. The highest BCUT2D eigenvalue weighted by Gasteiger charge is 2.31. The summed E-state index contributed by atoms with van der Waals surface area (Å²) in [5.74, 6) is 0.534. The first-order valence-corrected chi connectivity index (χ1v) is 7.56. The number of halogens is 3. The Balaban J connectivity index is 1.68. The lowest BCUT2D eigenvalue weighted by atomic mass is 10.1. The normalized spacial score (nSPS) is 15.5. The molecule has 24 heavy (non-hydrogen) atoms. The van der Waals surface area contributed by atoms with Crippen LogP contribution < -0.4 is 9.80 Å². The molecular weight excluding hydrogens is 319 g/mol. The SMILES string of the molecule is O=Cc1ccccc1N1CCN(c2ccc(C(F)(F)F)cn2)CC1. The van der Waals surface area contributed by atoms with Crippen molar-refractivity contribution in [1.82, 2.24) is 4.98 Å². The van der Waals surface area contributed by atoms with E-state index < -0.39 is 11.7 Å². The Hall–Kier alpha value is -2.57. The van der Waals surface area contributed by atoms with Crippen molar-refractivity contribution in [3.63, 3.8) is 0 Å². The van der Waals surface area contributed by atoms with Crippen LogP contribution in [0.25, 0.3) is 0 Å². The van der Waals surface area contributed by atoms with Crippen LogP contribution in [0.3, 0.4) is 0 Å². The number of piperazine rings is 1. The lowest BCUT2D eigenvalue weighted by Crippen LogP contribution is -2.47. The second-order valence-corrected chi connectivity index (χ2v) is 5.55. The first kappa shape index (κ1) is 16.3. The van der Waals surface area contributed by atoms with Crippen LogP contribution in [0, 0.1) is 0 Å². The number of anilines is 2. The second-order valence-electron chi connectivity index (χ2n) is 5.55. The Labute approximate surface area is 137 Å². The van der Waals surface area contributed by atoms with Crippen molar-refractivity contribution in [2.45, 2.75) is 6.18 Å². The predicted octanol–water partition coefficient (Wildman–Crippen LogP) is 3.24. The molecule has 0 saturated carbocycles.